The van der Waals surface area contributed by atoms with Crippen LogP contribution in [-0.2, 0) is 11.3 Å². The van der Waals surface area contributed by atoms with Crippen molar-refractivity contribution in [3.63, 3.8) is 0 Å². The molecule has 0 bridgehead atoms. The zero-order valence-electron chi connectivity index (χ0n) is 9.61. The molecule has 2 fully saturated rings. The first kappa shape index (κ1) is 10.6. The Balaban J connectivity index is 1.48. The largest absolute Gasteiger partial charge is 0.445 e. The SMILES string of the molecule is O=C(N[C@]12CNC[C@H]1C2)OCc1ccccc1. The lowest BCUT2D eigenvalue weighted by atomic mass is 10.2. The number of fused-ring (bicyclic) bond motifs is 1. The second kappa shape index (κ2) is 4.04. The molecule has 0 aromatic heterocycles. The highest BCUT2D eigenvalue weighted by Gasteiger charge is 2.58. The van der Waals surface area contributed by atoms with E-state index in [9.17, 15) is 4.79 Å². The van der Waals surface area contributed by atoms with E-state index in [1.165, 1.54) is 0 Å². The van der Waals surface area contributed by atoms with E-state index in [1.807, 2.05) is 30.3 Å². The average molecular weight is 232 g/mol. The van der Waals surface area contributed by atoms with Gasteiger partial charge in [-0.3, -0.25) is 0 Å². The molecular formula is C13H16N2O2. The molecule has 4 heteroatoms. The van der Waals surface area contributed by atoms with Gasteiger partial charge in [-0.25, -0.2) is 4.79 Å². The predicted molar refractivity (Wildman–Crippen MR) is 63.5 cm³/mol. The van der Waals surface area contributed by atoms with Crippen LogP contribution in [0.5, 0.6) is 0 Å². The lowest BCUT2D eigenvalue weighted by Gasteiger charge is -2.14. The van der Waals surface area contributed by atoms with E-state index in [2.05, 4.69) is 10.6 Å². The maximum Gasteiger partial charge on any atom is 0.407 e. The minimum Gasteiger partial charge on any atom is -0.445 e. The Kier molecular flexibility index (Phi) is 2.52. The minimum atomic E-state index is -0.306. The zero-order chi connectivity index (χ0) is 11.7. The monoisotopic (exact) mass is 232 g/mol. The van der Waals surface area contributed by atoms with Crippen LogP contribution in [0.25, 0.3) is 0 Å². The van der Waals surface area contributed by atoms with E-state index < -0.39 is 0 Å². The molecular weight excluding hydrogens is 216 g/mol. The number of piperidine rings is 1. The molecule has 2 atom stereocenters. The highest BCUT2D eigenvalue weighted by atomic mass is 16.5. The Bertz CT molecular complexity index is 421. The van der Waals surface area contributed by atoms with Crippen molar-refractivity contribution in [2.75, 3.05) is 13.1 Å². The number of hydrogen-bond acceptors (Lipinski definition) is 3. The molecule has 3 rings (SSSR count). The fraction of sp³-hybridized carbons (Fsp3) is 0.462. The van der Waals surface area contributed by atoms with Gasteiger partial charge in [0.25, 0.3) is 0 Å². The molecule has 0 unspecified atom stereocenters. The van der Waals surface area contributed by atoms with Crippen molar-refractivity contribution in [2.45, 2.75) is 18.6 Å². The van der Waals surface area contributed by atoms with Gasteiger partial charge < -0.3 is 15.4 Å². The number of rotatable bonds is 3. The van der Waals surface area contributed by atoms with Crippen LogP contribution < -0.4 is 10.6 Å². The van der Waals surface area contributed by atoms with Crippen LogP contribution in [0.15, 0.2) is 30.3 Å². The van der Waals surface area contributed by atoms with E-state index in [0.717, 1.165) is 25.1 Å². The minimum absolute atomic E-state index is 0.00618. The van der Waals surface area contributed by atoms with Gasteiger partial charge in [0.2, 0.25) is 0 Å². The maximum absolute atomic E-state index is 11.6. The molecule has 0 radical (unpaired) electrons. The molecule has 1 aromatic rings. The number of carbonyl (C=O) groups is 1. The van der Waals surface area contributed by atoms with Crippen LogP contribution in [0.1, 0.15) is 12.0 Å². The topological polar surface area (TPSA) is 50.4 Å². The maximum atomic E-state index is 11.6. The Hall–Kier alpha value is -1.55. The Labute approximate surface area is 100 Å². The first-order chi connectivity index (χ1) is 8.28. The van der Waals surface area contributed by atoms with Crippen LogP contribution in [-0.4, -0.2) is 24.7 Å². The second-order valence-electron chi connectivity index (χ2n) is 4.87. The number of hydrogen-bond donors (Lipinski definition) is 2. The van der Waals surface area contributed by atoms with E-state index in [-0.39, 0.29) is 11.6 Å². The predicted octanol–water partition coefficient (Wildman–Crippen LogP) is 1.27. The normalized spacial score (nSPS) is 29.5. The third kappa shape index (κ3) is 2.13. The van der Waals surface area contributed by atoms with Crippen molar-refractivity contribution < 1.29 is 9.53 Å². The van der Waals surface area contributed by atoms with Crippen LogP contribution in [0.4, 0.5) is 4.79 Å². The molecule has 17 heavy (non-hydrogen) atoms. The van der Waals surface area contributed by atoms with E-state index in [0.29, 0.717) is 12.5 Å². The molecule has 2 N–H and O–H groups in total. The third-order valence-corrected chi connectivity index (χ3v) is 3.63. The van der Waals surface area contributed by atoms with Gasteiger partial charge in [0.05, 0.1) is 5.54 Å². The smallest absolute Gasteiger partial charge is 0.407 e. The van der Waals surface area contributed by atoms with Gasteiger partial charge in [0.1, 0.15) is 6.61 Å². The fourth-order valence-electron chi connectivity index (χ4n) is 2.49. The number of amides is 1. The van der Waals surface area contributed by atoms with E-state index >= 15 is 0 Å². The van der Waals surface area contributed by atoms with Gasteiger partial charge in [-0.05, 0) is 17.9 Å². The highest BCUT2D eigenvalue weighted by molar-refractivity contribution is 5.69. The van der Waals surface area contributed by atoms with Gasteiger partial charge in [0.15, 0.2) is 0 Å². The second-order valence-corrected chi connectivity index (χ2v) is 4.87. The number of alkyl carbamates (subject to hydrolysis) is 1. The average Bonchev–Trinajstić information content (AvgIpc) is 2.88. The van der Waals surface area contributed by atoms with Gasteiger partial charge in [-0.15, -0.1) is 0 Å². The number of ether oxygens (including phenoxy) is 1. The van der Waals surface area contributed by atoms with Crippen LogP contribution in [0.3, 0.4) is 0 Å². The summed E-state index contributed by atoms with van der Waals surface area (Å²) in [6.45, 7) is 2.22. The third-order valence-electron chi connectivity index (χ3n) is 3.63. The van der Waals surface area contributed by atoms with Gasteiger partial charge in [0, 0.05) is 13.1 Å². The molecule has 1 aliphatic carbocycles. The van der Waals surface area contributed by atoms with Crippen molar-refractivity contribution in [2.24, 2.45) is 5.92 Å². The number of nitrogens with one attached hydrogen (secondary N) is 2. The molecule has 90 valence electrons. The summed E-state index contributed by atoms with van der Waals surface area (Å²) in [6, 6.07) is 9.72. The molecule has 1 heterocycles. The molecule has 1 saturated heterocycles. The highest BCUT2D eigenvalue weighted by Crippen LogP contribution is 2.45. The first-order valence-electron chi connectivity index (χ1n) is 5.98. The molecule has 1 aromatic carbocycles. The first-order valence-corrected chi connectivity index (χ1v) is 5.98. The fourth-order valence-corrected chi connectivity index (χ4v) is 2.49. The molecule has 2 aliphatic rings. The summed E-state index contributed by atoms with van der Waals surface area (Å²) < 4.78 is 5.20. The molecule has 0 spiro atoms. The summed E-state index contributed by atoms with van der Waals surface area (Å²) >= 11 is 0. The lowest BCUT2D eigenvalue weighted by molar-refractivity contribution is 0.134. The molecule has 1 aliphatic heterocycles. The summed E-state index contributed by atoms with van der Waals surface area (Å²) in [5, 5.41) is 6.25. The van der Waals surface area contributed by atoms with Crippen molar-refractivity contribution in [1.82, 2.24) is 10.6 Å². The van der Waals surface area contributed by atoms with E-state index in [4.69, 9.17) is 4.74 Å². The van der Waals surface area contributed by atoms with Crippen molar-refractivity contribution in [3.8, 4) is 0 Å². The van der Waals surface area contributed by atoms with Crippen LogP contribution >= 0.6 is 0 Å². The van der Waals surface area contributed by atoms with Crippen molar-refractivity contribution in [3.05, 3.63) is 35.9 Å². The summed E-state index contributed by atoms with van der Waals surface area (Å²) in [6.07, 6.45) is 0.778. The van der Waals surface area contributed by atoms with Crippen LogP contribution in [0.2, 0.25) is 0 Å². The van der Waals surface area contributed by atoms with E-state index in [1.54, 1.807) is 0 Å². The summed E-state index contributed by atoms with van der Waals surface area (Å²) in [5.41, 5.74) is 1.00. The van der Waals surface area contributed by atoms with Crippen LogP contribution in [0, 0.1) is 5.92 Å². The lowest BCUT2D eigenvalue weighted by Crippen LogP contribution is -2.41. The molecule has 1 saturated carbocycles. The van der Waals surface area contributed by atoms with Crippen molar-refractivity contribution in [1.29, 1.82) is 0 Å². The Morgan fingerprint density at radius 2 is 2.29 bits per heavy atom. The van der Waals surface area contributed by atoms with Gasteiger partial charge >= 0.3 is 6.09 Å². The Morgan fingerprint density at radius 1 is 1.47 bits per heavy atom. The summed E-state index contributed by atoms with van der Waals surface area (Å²) in [7, 11) is 0. The van der Waals surface area contributed by atoms with Gasteiger partial charge in [-0.2, -0.15) is 0 Å². The van der Waals surface area contributed by atoms with Gasteiger partial charge in [-0.1, -0.05) is 30.3 Å². The summed E-state index contributed by atoms with van der Waals surface area (Å²) in [5.74, 6) is 0.603. The number of carbonyl (C=O) groups excluding carboxylic acids is 1. The zero-order valence-corrected chi connectivity index (χ0v) is 9.61. The molecule has 4 nitrogen and oxygen atoms in total. The van der Waals surface area contributed by atoms with Crippen molar-refractivity contribution >= 4 is 6.09 Å². The quantitative estimate of drug-likeness (QED) is 0.825. The Morgan fingerprint density at radius 3 is 2.94 bits per heavy atom. The standard InChI is InChI=1S/C13H16N2O2/c16-12(15-13-6-11(13)7-14-9-13)17-8-10-4-2-1-3-5-10/h1-5,11,14H,6-9H2,(H,15,16)/t11-,13-/m1/s1. The number of benzene rings is 1. The summed E-state index contributed by atoms with van der Waals surface area (Å²) in [4.78, 5) is 11.6. The molecule has 1 amide bonds.